The molecule has 0 saturated heterocycles. The van der Waals surface area contributed by atoms with Crippen LogP contribution >= 0.6 is 0 Å². The Morgan fingerprint density at radius 1 is 0.750 bits per heavy atom. The Balaban J connectivity index is 2.20. The van der Waals surface area contributed by atoms with Gasteiger partial charge in [0.25, 0.3) is 0 Å². The van der Waals surface area contributed by atoms with Crippen molar-refractivity contribution in [2.24, 2.45) is 0 Å². The van der Waals surface area contributed by atoms with E-state index in [4.69, 9.17) is 0 Å². The van der Waals surface area contributed by atoms with Crippen molar-refractivity contribution in [1.82, 2.24) is 0 Å². The van der Waals surface area contributed by atoms with Gasteiger partial charge in [0.2, 0.25) is 0 Å². The topological polar surface area (TPSA) is 20.2 Å². The smallest absolute Gasteiger partial charge is 0.0855 e. The monoisotopic (exact) mass is 212 g/mol. The van der Waals surface area contributed by atoms with Crippen molar-refractivity contribution in [1.29, 1.82) is 0 Å². The van der Waals surface area contributed by atoms with Crippen LogP contribution in [0.2, 0.25) is 0 Å². The number of hydrogen-bond donors (Lipinski definition) is 1. The van der Waals surface area contributed by atoms with Crippen molar-refractivity contribution in [2.45, 2.75) is 18.9 Å². The third kappa shape index (κ3) is 2.31. The number of aliphatic hydroxyl groups excluding tert-OH is 1. The molecule has 2 aromatic carbocycles. The van der Waals surface area contributed by atoms with Crippen molar-refractivity contribution in [3.8, 4) is 0 Å². The van der Waals surface area contributed by atoms with E-state index in [1.54, 1.807) is 0 Å². The van der Waals surface area contributed by atoms with E-state index in [-0.39, 0.29) is 5.92 Å². The van der Waals surface area contributed by atoms with E-state index in [0.717, 1.165) is 5.56 Å². The fourth-order valence-electron chi connectivity index (χ4n) is 1.88. The quantitative estimate of drug-likeness (QED) is 0.825. The summed E-state index contributed by atoms with van der Waals surface area (Å²) in [4.78, 5) is 0. The summed E-state index contributed by atoms with van der Waals surface area (Å²) in [6.07, 6.45) is -0.441. The molecule has 2 rings (SSSR count). The average Bonchev–Trinajstić information content (AvgIpc) is 2.39. The van der Waals surface area contributed by atoms with E-state index in [1.807, 2.05) is 55.5 Å². The van der Waals surface area contributed by atoms with Crippen LogP contribution in [0.5, 0.6) is 0 Å². The molecule has 0 aromatic heterocycles. The van der Waals surface area contributed by atoms with E-state index in [9.17, 15) is 5.11 Å². The molecule has 0 saturated carbocycles. The van der Waals surface area contributed by atoms with Crippen molar-refractivity contribution in [3.63, 3.8) is 0 Å². The highest BCUT2D eigenvalue weighted by molar-refractivity contribution is 5.25. The molecule has 0 amide bonds. The van der Waals surface area contributed by atoms with Crippen LogP contribution in [0, 0.1) is 0 Å². The van der Waals surface area contributed by atoms with Gasteiger partial charge >= 0.3 is 0 Å². The zero-order chi connectivity index (χ0) is 11.4. The highest BCUT2D eigenvalue weighted by Gasteiger charge is 2.17. The minimum Gasteiger partial charge on any atom is -0.388 e. The van der Waals surface area contributed by atoms with Crippen LogP contribution in [-0.2, 0) is 0 Å². The maximum Gasteiger partial charge on any atom is 0.0855 e. The SMILES string of the molecule is CC(c1ccccc1)C(O)c1ccccc1. The molecule has 0 aliphatic heterocycles. The number of hydrogen-bond acceptors (Lipinski definition) is 1. The third-order valence-electron chi connectivity index (χ3n) is 2.94. The van der Waals surface area contributed by atoms with Crippen molar-refractivity contribution in [3.05, 3.63) is 71.8 Å². The van der Waals surface area contributed by atoms with Crippen molar-refractivity contribution < 1.29 is 5.11 Å². The number of rotatable bonds is 3. The Morgan fingerprint density at radius 2 is 1.19 bits per heavy atom. The Bertz CT molecular complexity index is 378. The van der Waals surface area contributed by atoms with Crippen molar-refractivity contribution >= 4 is 0 Å². The van der Waals surface area contributed by atoms with Crippen LogP contribution in [0.1, 0.15) is 30.1 Å². The van der Waals surface area contributed by atoms with E-state index >= 15 is 0 Å². The molecular weight excluding hydrogens is 196 g/mol. The summed E-state index contributed by atoms with van der Waals surface area (Å²) in [5.41, 5.74) is 2.14. The number of benzene rings is 2. The zero-order valence-electron chi connectivity index (χ0n) is 9.38. The van der Waals surface area contributed by atoms with E-state index in [0.29, 0.717) is 0 Å². The Kier molecular flexibility index (Phi) is 3.37. The first-order chi connectivity index (χ1) is 7.79. The summed E-state index contributed by atoms with van der Waals surface area (Å²) in [5, 5.41) is 10.2. The Hall–Kier alpha value is -1.60. The first-order valence-electron chi connectivity index (χ1n) is 5.57. The largest absolute Gasteiger partial charge is 0.388 e. The van der Waals surface area contributed by atoms with Gasteiger partial charge in [0.05, 0.1) is 6.10 Å². The summed E-state index contributed by atoms with van der Waals surface area (Å²) in [6.45, 7) is 2.05. The fraction of sp³-hybridized carbons (Fsp3) is 0.200. The first kappa shape index (κ1) is 10.9. The lowest BCUT2D eigenvalue weighted by molar-refractivity contribution is 0.151. The summed E-state index contributed by atoms with van der Waals surface area (Å²) < 4.78 is 0. The lowest BCUT2D eigenvalue weighted by Crippen LogP contribution is -2.07. The van der Waals surface area contributed by atoms with E-state index in [1.165, 1.54) is 5.56 Å². The molecule has 0 aliphatic rings. The molecule has 0 radical (unpaired) electrons. The molecule has 1 nitrogen and oxygen atoms in total. The molecule has 0 fully saturated rings. The summed E-state index contributed by atoms with van der Waals surface area (Å²) in [6, 6.07) is 19.9. The predicted molar refractivity (Wildman–Crippen MR) is 66.3 cm³/mol. The van der Waals surface area contributed by atoms with Crippen LogP contribution < -0.4 is 0 Å². The van der Waals surface area contributed by atoms with E-state index < -0.39 is 6.10 Å². The zero-order valence-corrected chi connectivity index (χ0v) is 9.38. The van der Waals surface area contributed by atoms with Gasteiger partial charge in [-0.2, -0.15) is 0 Å². The molecule has 1 heteroatoms. The van der Waals surface area contributed by atoms with Crippen LogP contribution in [0.4, 0.5) is 0 Å². The molecule has 1 N–H and O–H groups in total. The Labute approximate surface area is 96.4 Å². The second kappa shape index (κ2) is 4.95. The van der Waals surface area contributed by atoms with Crippen LogP contribution in [-0.4, -0.2) is 5.11 Å². The molecule has 0 bridgehead atoms. The molecule has 0 heterocycles. The highest BCUT2D eigenvalue weighted by Crippen LogP contribution is 2.29. The van der Waals surface area contributed by atoms with Crippen LogP contribution in [0.3, 0.4) is 0 Å². The van der Waals surface area contributed by atoms with Gasteiger partial charge in [-0.05, 0) is 11.1 Å². The maximum absolute atomic E-state index is 10.2. The van der Waals surface area contributed by atoms with Gasteiger partial charge in [-0.3, -0.25) is 0 Å². The third-order valence-corrected chi connectivity index (χ3v) is 2.94. The van der Waals surface area contributed by atoms with Gasteiger partial charge in [0.1, 0.15) is 0 Å². The van der Waals surface area contributed by atoms with Gasteiger partial charge in [-0.15, -0.1) is 0 Å². The van der Waals surface area contributed by atoms with E-state index in [2.05, 4.69) is 12.1 Å². The lowest BCUT2D eigenvalue weighted by Gasteiger charge is -2.19. The predicted octanol–water partition coefficient (Wildman–Crippen LogP) is 3.52. The summed E-state index contributed by atoms with van der Waals surface area (Å²) >= 11 is 0. The number of aliphatic hydroxyl groups is 1. The summed E-state index contributed by atoms with van der Waals surface area (Å²) in [7, 11) is 0. The fourth-order valence-corrected chi connectivity index (χ4v) is 1.88. The molecule has 0 aliphatic carbocycles. The lowest BCUT2D eigenvalue weighted by atomic mass is 9.91. The van der Waals surface area contributed by atoms with Gasteiger partial charge in [0.15, 0.2) is 0 Å². The second-order valence-electron chi connectivity index (χ2n) is 4.05. The highest BCUT2D eigenvalue weighted by atomic mass is 16.3. The molecule has 82 valence electrons. The van der Waals surface area contributed by atoms with Gasteiger partial charge in [-0.1, -0.05) is 67.6 Å². The molecular formula is C15H16O. The molecule has 2 unspecified atom stereocenters. The molecule has 0 spiro atoms. The van der Waals surface area contributed by atoms with Gasteiger partial charge in [0, 0.05) is 5.92 Å². The molecule has 16 heavy (non-hydrogen) atoms. The molecule has 2 aromatic rings. The van der Waals surface area contributed by atoms with Gasteiger partial charge in [-0.25, -0.2) is 0 Å². The Morgan fingerprint density at radius 3 is 1.69 bits per heavy atom. The van der Waals surface area contributed by atoms with Crippen molar-refractivity contribution in [2.75, 3.05) is 0 Å². The normalized spacial score (nSPS) is 14.4. The minimum atomic E-state index is -0.441. The maximum atomic E-state index is 10.2. The van der Waals surface area contributed by atoms with Crippen LogP contribution in [0.25, 0.3) is 0 Å². The minimum absolute atomic E-state index is 0.114. The standard InChI is InChI=1S/C15H16O/c1-12(13-8-4-2-5-9-13)15(16)14-10-6-3-7-11-14/h2-12,15-16H,1H3. The molecule has 2 atom stereocenters. The second-order valence-corrected chi connectivity index (χ2v) is 4.05. The average molecular weight is 212 g/mol. The summed E-state index contributed by atoms with van der Waals surface area (Å²) in [5.74, 6) is 0.114. The van der Waals surface area contributed by atoms with Gasteiger partial charge < -0.3 is 5.11 Å². The van der Waals surface area contributed by atoms with Crippen LogP contribution in [0.15, 0.2) is 60.7 Å². The first-order valence-corrected chi connectivity index (χ1v) is 5.57.